The van der Waals surface area contributed by atoms with Crippen LogP contribution in [0.4, 0.5) is 0 Å². The zero-order chi connectivity index (χ0) is 8.10. The van der Waals surface area contributed by atoms with E-state index in [2.05, 4.69) is 15.9 Å². The van der Waals surface area contributed by atoms with Crippen molar-refractivity contribution in [1.82, 2.24) is 4.90 Å². The van der Waals surface area contributed by atoms with Crippen molar-refractivity contribution in [3.05, 3.63) is 0 Å². The van der Waals surface area contributed by atoms with E-state index in [1.54, 1.807) is 0 Å². The lowest BCUT2D eigenvalue weighted by Gasteiger charge is -2.17. The summed E-state index contributed by atoms with van der Waals surface area (Å²) in [6.45, 7) is 3.04. The number of halogens is 1. The molecule has 1 fully saturated rings. The van der Waals surface area contributed by atoms with E-state index in [4.69, 9.17) is 4.74 Å². The Kier molecular flexibility index (Phi) is 3.86. The molecule has 0 N–H and O–H groups in total. The third kappa shape index (κ3) is 2.79. The molecule has 1 amide bonds. The molecule has 0 spiro atoms. The van der Waals surface area contributed by atoms with Crippen molar-refractivity contribution in [2.24, 2.45) is 0 Å². The van der Waals surface area contributed by atoms with E-state index in [1.807, 2.05) is 4.90 Å². The van der Waals surface area contributed by atoms with Gasteiger partial charge in [-0.05, 0) is 6.42 Å². The number of rotatable bonds is 1. The summed E-state index contributed by atoms with van der Waals surface area (Å²) in [6.07, 6.45) is 0.957. The van der Waals surface area contributed by atoms with Gasteiger partial charge in [0.2, 0.25) is 5.91 Å². The van der Waals surface area contributed by atoms with Gasteiger partial charge >= 0.3 is 0 Å². The first kappa shape index (κ1) is 9.00. The van der Waals surface area contributed by atoms with Gasteiger partial charge in [-0.2, -0.15) is 0 Å². The number of nitrogens with zero attached hydrogens (tertiary/aromatic N) is 1. The van der Waals surface area contributed by atoms with Gasteiger partial charge in [0.1, 0.15) is 0 Å². The Morgan fingerprint density at radius 2 is 2.27 bits per heavy atom. The Labute approximate surface area is 74.8 Å². The van der Waals surface area contributed by atoms with Crippen LogP contribution in [0.25, 0.3) is 0 Å². The normalized spacial score (nSPS) is 19.5. The van der Waals surface area contributed by atoms with Crippen LogP contribution in [-0.4, -0.2) is 42.4 Å². The molecule has 1 aliphatic heterocycles. The van der Waals surface area contributed by atoms with E-state index >= 15 is 0 Å². The molecule has 0 radical (unpaired) electrons. The quantitative estimate of drug-likeness (QED) is 0.609. The number of hydrogen-bond acceptors (Lipinski definition) is 2. The Morgan fingerprint density at radius 3 is 3.00 bits per heavy atom. The van der Waals surface area contributed by atoms with E-state index in [9.17, 15) is 4.79 Å². The van der Waals surface area contributed by atoms with Crippen LogP contribution < -0.4 is 0 Å². The summed E-state index contributed by atoms with van der Waals surface area (Å²) in [7, 11) is 0. The van der Waals surface area contributed by atoms with Gasteiger partial charge in [0.05, 0.1) is 11.9 Å². The second-order valence-electron chi connectivity index (χ2n) is 2.48. The fourth-order valence-electron chi connectivity index (χ4n) is 1.08. The molecule has 1 rings (SSSR count). The molecule has 0 bridgehead atoms. The predicted octanol–water partition coefficient (Wildman–Crippen LogP) is 0.630. The maximum Gasteiger partial charge on any atom is 0.233 e. The molecule has 1 heterocycles. The summed E-state index contributed by atoms with van der Waals surface area (Å²) in [5.41, 5.74) is 0. The largest absolute Gasteiger partial charge is 0.380 e. The molecule has 1 aliphatic rings. The fourth-order valence-corrected chi connectivity index (χ4v) is 1.43. The molecule has 0 unspecified atom stereocenters. The van der Waals surface area contributed by atoms with Crippen molar-refractivity contribution >= 4 is 21.8 Å². The molecule has 0 aromatic rings. The third-order valence-electron chi connectivity index (χ3n) is 1.69. The highest BCUT2D eigenvalue weighted by Crippen LogP contribution is 2.00. The van der Waals surface area contributed by atoms with Crippen molar-refractivity contribution in [3.8, 4) is 0 Å². The minimum absolute atomic E-state index is 0.163. The van der Waals surface area contributed by atoms with E-state index < -0.39 is 0 Å². The Hall–Kier alpha value is -0.0900. The van der Waals surface area contributed by atoms with Crippen LogP contribution in [0, 0.1) is 0 Å². The first-order valence-corrected chi connectivity index (χ1v) is 4.88. The van der Waals surface area contributed by atoms with E-state index in [1.165, 1.54) is 0 Å². The van der Waals surface area contributed by atoms with E-state index in [0.29, 0.717) is 11.9 Å². The van der Waals surface area contributed by atoms with Crippen molar-refractivity contribution in [3.63, 3.8) is 0 Å². The Bertz CT molecular complexity index is 132. The zero-order valence-electron chi connectivity index (χ0n) is 6.38. The summed E-state index contributed by atoms with van der Waals surface area (Å²) >= 11 is 3.14. The zero-order valence-corrected chi connectivity index (χ0v) is 7.97. The van der Waals surface area contributed by atoms with Crippen molar-refractivity contribution in [1.29, 1.82) is 0 Å². The highest BCUT2D eigenvalue weighted by Gasteiger charge is 2.13. The lowest BCUT2D eigenvalue weighted by molar-refractivity contribution is -0.128. The number of carbonyl (C=O) groups excluding carboxylic acids is 1. The minimum Gasteiger partial charge on any atom is -0.380 e. The maximum atomic E-state index is 11.1. The minimum atomic E-state index is 0.163. The standard InChI is InChI=1S/C7H12BrNO2/c8-6-7(10)9-2-1-4-11-5-3-9/h1-6H2. The Morgan fingerprint density at radius 1 is 1.45 bits per heavy atom. The topological polar surface area (TPSA) is 29.5 Å². The molecule has 1 saturated heterocycles. The predicted molar refractivity (Wildman–Crippen MR) is 45.8 cm³/mol. The van der Waals surface area contributed by atoms with Gasteiger partial charge in [-0.1, -0.05) is 15.9 Å². The molecule has 0 aliphatic carbocycles. The molecular formula is C7H12BrNO2. The fraction of sp³-hybridized carbons (Fsp3) is 0.857. The highest BCUT2D eigenvalue weighted by molar-refractivity contribution is 9.09. The molecule has 64 valence electrons. The molecule has 0 aromatic carbocycles. The van der Waals surface area contributed by atoms with Crippen LogP contribution in [0.15, 0.2) is 0 Å². The average Bonchev–Trinajstić information content (AvgIpc) is 2.30. The highest BCUT2D eigenvalue weighted by atomic mass is 79.9. The number of alkyl halides is 1. The average molecular weight is 222 g/mol. The Balaban J connectivity index is 2.36. The smallest absolute Gasteiger partial charge is 0.233 e. The van der Waals surface area contributed by atoms with E-state index in [0.717, 1.165) is 26.1 Å². The summed E-state index contributed by atoms with van der Waals surface area (Å²) in [4.78, 5) is 13.0. The number of carbonyl (C=O) groups is 1. The monoisotopic (exact) mass is 221 g/mol. The molecule has 0 aromatic heterocycles. The number of amides is 1. The molecule has 0 saturated carbocycles. The van der Waals surface area contributed by atoms with Gasteiger partial charge < -0.3 is 9.64 Å². The van der Waals surface area contributed by atoms with Gasteiger partial charge in [-0.25, -0.2) is 0 Å². The van der Waals surface area contributed by atoms with Crippen molar-refractivity contribution < 1.29 is 9.53 Å². The van der Waals surface area contributed by atoms with Gasteiger partial charge in [-0.15, -0.1) is 0 Å². The van der Waals surface area contributed by atoms with Crippen LogP contribution in [0.2, 0.25) is 0 Å². The van der Waals surface area contributed by atoms with Crippen LogP contribution in [0.1, 0.15) is 6.42 Å². The van der Waals surface area contributed by atoms with Crippen molar-refractivity contribution in [2.45, 2.75) is 6.42 Å². The number of ether oxygens (including phenoxy) is 1. The van der Waals surface area contributed by atoms with E-state index in [-0.39, 0.29) is 5.91 Å². The van der Waals surface area contributed by atoms with Gasteiger partial charge in [-0.3, -0.25) is 4.79 Å². The second kappa shape index (κ2) is 4.72. The molecule has 3 nitrogen and oxygen atoms in total. The van der Waals surface area contributed by atoms with Crippen LogP contribution in [-0.2, 0) is 9.53 Å². The summed E-state index contributed by atoms with van der Waals surface area (Å²) in [6, 6.07) is 0. The van der Waals surface area contributed by atoms with Gasteiger partial charge in [0.15, 0.2) is 0 Å². The van der Waals surface area contributed by atoms with Crippen LogP contribution >= 0.6 is 15.9 Å². The second-order valence-corrected chi connectivity index (χ2v) is 3.04. The molecular weight excluding hydrogens is 210 g/mol. The first-order valence-electron chi connectivity index (χ1n) is 3.76. The number of hydrogen-bond donors (Lipinski definition) is 0. The first-order chi connectivity index (χ1) is 5.34. The lowest BCUT2D eigenvalue weighted by Crippen LogP contribution is -2.33. The maximum absolute atomic E-state index is 11.1. The summed E-state index contributed by atoms with van der Waals surface area (Å²) < 4.78 is 5.21. The molecule has 4 heteroatoms. The summed E-state index contributed by atoms with van der Waals surface area (Å²) in [5.74, 6) is 0.163. The third-order valence-corrected chi connectivity index (χ3v) is 2.17. The van der Waals surface area contributed by atoms with Gasteiger partial charge in [0.25, 0.3) is 0 Å². The SMILES string of the molecule is O=C(CBr)N1CCCOCC1. The molecule has 11 heavy (non-hydrogen) atoms. The lowest BCUT2D eigenvalue weighted by atomic mass is 10.4. The summed E-state index contributed by atoms with van der Waals surface area (Å²) in [5, 5.41) is 0.424. The van der Waals surface area contributed by atoms with Crippen molar-refractivity contribution in [2.75, 3.05) is 31.6 Å². The molecule has 0 atom stereocenters. The van der Waals surface area contributed by atoms with Gasteiger partial charge in [0, 0.05) is 19.7 Å². The van der Waals surface area contributed by atoms with Crippen LogP contribution in [0.5, 0.6) is 0 Å². The van der Waals surface area contributed by atoms with Crippen LogP contribution in [0.3, 0.4) is 0 Å².